The van der Waals surface area contributed by atoms with Crippen molar-refractivity contribution in [1.82, 2.24) is 9.88 Å². The highest BCUT2D eigenvalue weighted by Gasteiger charge is 2.20. The third-order valence-corrected chi connectivity index (χ3v) is 4.55. The van der Waals surface area contributed by atoms with Gasteiger partial charge in [0.2, 0.25) is 0 Å². The number of carboxylic acids is 1. The Hall–Kier alpha value is -1.72. The number of aromatic nitrogens is 1. The molecule has 0 saturated carbocycles. The van der Waals surface area contributed by atoms with E-state index in [0.717, 1.165) is 29.2 Å². The molecule has 5 heteroatoms. The molecule has 1 aromatic carbocycles. The number of hydrogen-bond acceptors (Lipinski definition) is 4. The first-order valence-electron chi connectivity index (χ1n) is 7.08. The van der Waals surface area contributed by atoms with Gasteiger partial charge in [-0.25, -0.2) is 9.78 Å². The first kappa shape index (κ1) is 15.7. The average Bonchev–Trinajstić information content (AvgIpc) is 2.89. The van der Waals surface area contributed by atoms with Gasteiger partial charge >= 0.3 is 5.97 Å². The Morgan fingerprint density at radius 3 is 2.52 bits per heavy atom. The molecule has 0 spiro atoms. The van der Waals surface area contributed by atoms with Gasteiger partial charge in [-0.05, 0) is 25.6 Å². The standard InChI is InChI=1S/C16H20N2O2S/c1-4-18(5-2)10-13-17-14(15(21-13)16(19)20)12-9-7-6-8-11(12)3/h6-9H,4-5,10H2,1-3H3,(H,19,20). The molecule has 0 fully saturated rings. The fourth-order valence-electron chi connectivity index (χ4n) is 2.24. The Labute approximate surface area is 129 Å². The summed E-state index contributed by atoms with van der Waals surface area (Å²) in [6.07, 6.45) is 0. The number of aryl methyl sites for hydroxylation is 1. The monoisotopic (exact) mass is 304 g/mol. The number of thiazole rings is 1. The highest BCUT2D eigenvalue weighted by molar-refractivity contribution is 7.14. The summed E-state index contributed by atoms with van der Waals surface area (Å²) in [7, 11) is 0. The van der Waals surface area contributed by atoms with Gasteiger partial charge in [-0.1, -0.05) is 38.1 Å². The van der Waals surface area contributed by atoms with Crippen LogP contribution in [0.3, 0.4) is 0 Å². The first-order chi connectivity index (χ1) is 10.1. The molecule has 1 aromatic heterocycles. The molecule has 2 rings (SSSR count). The molecule has 0 aliphatic carbocycles. The molecule has 112 valence electrons. The summed E-state index contributed by atoms with van der Waals surface area (Å²) < 4.78 is 0. The molecule has 0 radical (unpaired) electrons. The molecule has 0 amide bonds. The van der Waals surface area contributed by atoms with Crippen LogP contribution >= 0.6 is 11.3 Å². The van der Waals surface area contributed by atoms with Crippen molar-refractivity contribution in [3.63, 3.8) is 0 Å². The highest BCUT2D eigenvalue weighted by Crippen LogP contribution is 2.31. The summed E-state index contributed by atoms with van der Waals surface area (Å²) in [5.74, 6) is -0.906. The van der Waals surface area contributed by atoms with Crippen LogP contribution in [-0.2, 0) is 6.54 Å². The summed E-state index contributed by atoms with van der Waals surface area (Å²) in [6, 6.07) is 7.77. The maximum absolute atomic E-state index is 11.5. The van der Waals surface area contributed by atoms with Crippen molar-refractivity contribution in [2.45, 2.75) is 27.3 Å². The maximum Gasteiger partial charge on any atom is 0.348 e. The zero-order valence-corrected chi connectivity index (χ0v) is 13.4. The Balaban J connectivity index is 2.43. The molecule has 1 N–H and O–H groups in total. The number of aromatic carboxylic acids is 1. The van der Waals surface area contributed by atoms with Crippen molar-refractivity contribution in [2.24, 2.45) is 0 Å². The Kier molecular flexibility index (Phi) is 5.09. The molecule has 0 aliphatic heterocycles. The normalized spacial score (nSPS) is 11.0. The molecule has 21 heavy (non-hydrogen) atoms. The van der Waals surface area contributed by atoms with Gasteiger partial charge in [-0.3, -0.25) is 4.90 Å². The zero-order valence-electron chi connectivity index (χ0n) is 12.6. The molecular formula is C16H20N2O2S. The lowest BCUT2D eigenvalue weighted by Gasteiger charge is -2.15. The summed E-state index contributed by atoms with van der Waals surface area (Å²) in [5.41, 5.74) is 2.53. The molecule has 0 saturated heterocycles. The van der Waals surface area contributed by atoms with Crippen molar-refractivity contribution >= 4 is 17.3 Å². The van der Waals surface area contributed by atoms with Gasteiger partial charge in [0, 0.05) is 5.56 Å². The second-order valence-corrected chi connectivity index (χ2v) is 5.95. The third-order valence-electron chi connectivity index (χ3n) is 3.52. The lowest BCUT2D eigenvalue weighted by molar-refractivity contribution is 0.0702. The SMILES string of the molecule is CCN(CC)Cc1nc(-c2ccccc2C)c(C(=O)O)s1. The minimum absolute atomic E-state index is 0.325. The fourth-order valence-corrected chi connectivity index (χ4v) is 3.20. The lowest BCUT2D eigenvalue weighted by atomic mass is 10.1. The predicted octanol–water partition coefficient (Wildman–Crippen LogP) is 3.66. The summed E-state index contributed by atoms with van der Waals surface area (Å²) in [5, 5.41) is 10.3. The van der Waals surface area contributed by atoms with E-state index < -0.39 is 5.97 Å². The molecule has 1 heterocycles. The maximum atomic E-state index is 11.5. The van der Waals surface area contributed by atoms with Crippen molar-refractivity contribution < 1.29 is 9.90 Å². The van der Waals surface area contributed by atoms with E-state index in [0.29, 0.717) is 17.1 Å². The number of nitrogens with zero attached hydrogens (tertiary/aromatic N) is 2. The largest absolute Gasteiger partial charge is 0.477 e. The Morgan fingerprint density at radius 2 is 1.95 bits per heavy atom. The highest BCUT2D eigenvalue weighted by atomic mass is 32.1. The van der Waals surface area contributed by atoms with Crippen LogP contribution < -0.4 is 0 Å². The number of carboxylic acid groups (broad SMARTS) is 1. The molecule has 0 atom stereocenters. The van der Waals surface area contributed by atoms with E-state index in [1.54, 1.807) is 0 Å². The van der Waals surface area contributed by atoms with Gasteiger partial charge in [-0.15, -0.1) is 11.3 Å². The van der Waals surface area contributed by atoms with Crippen molar-refractivity contribution in [3.8, 4) is 11.3 Å². The van der Waals surface area contributed by atoms with Gasteiger partial charge in [0.15, 0.2) is 0 Å². The fraction of sp³-hybridized carbons (Fsp3) is 0.375. The summed E-state index contributed by atoms with van der Waals surface area (Å²) in [4.78, 5) is 18.6. The van der Waals surface area contributed by atoms with E-state index in [4.69, 9.17) is 0 Å². The van der Waals surface area contributed by atoms with Gasteiger partial charge in [0.05, 0.1) is 12.2 Å². The molecule has 4 nitrogen and oxygen atoms in total. The molecule has 2 aromatic rings. The van der Waals surface area contributed by atoms with Crippen molar-refractivity contribution in [1.29, 1.82) is 0 Å². The smallest absolute Gasteiger partial charge is 0.348 e. The van der Waals surface area contributed by atoms with Crippen LogP contribution in [0.15, 0.2) is 24.3 Å². The number of hydrogen-bond donors (Lipinski definition) is 1. The van der Waals surface area contributed by atoms with Gasteiger partial charge in [0.25, 0.3) is 0 Å². The van der Waals surface area contributed by atoms with E-state index in [2.05, 4.69) is 23.7 Å². The van der Waals surface area contributed by atoms with Gasteiger partial charge in [0.1, 0.15) is 9.88 Å². The topological polar surface area (TPSA) is 53.4 Å². The van der Waals surface area contributed by atoms with E-state index in [1.807, 2.05) is 31.2 Å². The number of carbonyl (C=O) groups is 1. The van der Waals surface area contributed by atoms with Crippen LogP contribution in [0.5, 0.6) is 0 Å². The number of benzene rings is 1. The van der Waals surface area contributed by atoms with Crippen LogP contribution in [0, 0.1) is 6.92 Å². The minimum Gasteiger partial charge on any atom is -0.477 e. The van der Waals surface area contributed by atoms with E-state index >= 15 is 0 Å². The van der Waals surface area contributed by atoms with Crippen molar-refractivity contribution in [3.05, 3.63) is 39.7 Å². The van der Waals surface area contributed by atoms with Crippen LogP contribution in [0.1, 0.15) is 34.1 Å². The lowest BCUT2D eigenvalue weighted by Crippen LogP contribution is -2.21. The van der Waals surface area contributed by atoms with Crippen LogP contribution in [0.25, 0.3) is 11.3 Å². The van der Waals surface area contributed by atoms with Crippen LogP contribution in [0.2, 0.25) is 0 Å². The van der Waals surface area contributed by atoms with Crippen LogP contribution in [-0.4, -0.2) is 34.0 Å². The summed E-state index contributed by atoms with van der Waals surface area (Å²) >= 11 is 1.28. The zero-order chi connectivity index (χ0) is 15.4. The van der Waals surface area contributed by atoms with E-state index in [1.165, 1.54) is 11.3 Å². The Morgan fingerprint density at radius 1 is 1.29 bits per heavy atom. The summed E-state index contributed by atoms with van der Waals surface area (Å²) in [6.45, 7) is 8.72. The predicted molar refractivity (Wildman–Crippen MR) is 85.9 cm³/mol. The second kappa shape index (κ2) is 6.83. The van der Waals surface area contributed by atoms with Gasteiger partial charge < -0.3 is 5.11 Å². The molecule has 0 unspecified atom stereocenters. The second-order valence-electron chi connectivity index (χ2n) is 4.87. The first-order valence-corrected chi connectivity index (χ1v) is 7.89. The van der Waals surface area contributed by atoms with Crippen molar-refractivity contribution in [2.75, 3.05) is 13.1 Å². The third kappa shape index (κ3) is 3.49. The quantitative estimate of drug-likeness (QED) is 0.885. The van der Waals surface area contributed by atoms with Crippen LogP contribution in [0.4, 0.5) is 0 Å². The number of rotatable bonds is 6. The van der Waals surface area contributed by atoms with E-state index in [9.17, 15) is 9.90 Å². The van der Waals surface area contributed by atoms with Gasteiger partial charge in [-0.2, -0.15) is 0 Å². The van der Waals surface area contributed by atoms with E-state index in [-0.39, 0.29) is 0 Å². The Bertz CT molecular complexity index is 633. The minimum atomic E-state index is -0.906. The average molecular weight is 304 g/mol. The molecule has 0 bridgehead atoms. The molecule has 0 aliphatic rings. The molecular weight excluding hydrogens is 284 g/mol.